The van der Waals surface area contributed by atoms with Crippen molar-refractivity contribution in [1.82, 2.24) is 4.31 Å². The minimum Gasteiger partial charge on any atom is -0.548 e. The van der Waals surface area contributed by atoms with E-state index in [1.807, 2.05) is 0 Å². The standard InChI is InChI=1S/C13H23NO4S/c15-13(16)12-8-4-5-9-14(12)19(17,18)10-11-6-2-1-3-7-11/h11-12H,1-10H2,(H,15,16)/p-1. The number of piperidine rings is 1. The predicted octanol–water partition coefficient (Wildman–Crippen LogP) is 0.501. The first-order chi connectivity index (χ1) is 9.00. The van der Waals surface area contributed by atoms with E-state index in [0.29, 0.717) is 13.0 Å². The van der Waals surface area contributed by atoms with Gasteiger partial charge in [0.05, 0.1) is 17.8 Å². The van der Waals surface area contributed by atoms with Crippen molar-refractivity contribution in [2.24, 2.45) is 5.92 Å². The van der Waals surface area contributed by atoms with Gasteiger partial charge in [-0.15, -0.1) is 0 Å². The second-order valence-corrected chi connectivity index (χ2v) is 7.69. The molecule has 0 spiro atoms. The Morgan fingerprint density at radius 1 is 1.05 bits per heavy atom. The molecular weight excluding hydrogens is 266 g/mol. The molecule has 6 heteroatoms. The van der Waals surface area contributed by atoms with Crippen molar-refractivity contribution in [2.45, 2.75) is 57.4 Å². The number of carboxylic acids is 1. The molecule has 0 aromatic rings. The molecule has 2 fully saturated rings. The summed E-state index contributed by atoms with van der Waals surface area (Å²) in [6, 6.07) is -0.956. The Morgan fingerprint density at radius 3 is 2.32 bits per heavy atom. The molecule has 1 saturated carbocycles. The summed E-state index contributed by atoms with van der Waals surface area (Å²) in [6.45, 7) is 0.327. The first-order valence-corrected chi connectivity index (χ1v) is 8.82. The van der Waals surface area contributed by atoms with E-state index in [2.05, 4.69) is 0 Å². The molecule has 0 N–H and O–H groups in total. The topological polar surface area (TPSA) is 77.5 Å². The fraction of sp³-hybridized carbons (Fsp3) is 0.923. The molecule has 0 aromatic heterocycles. The third-order valence-corrected chi connectivity index (χ3v) is 6.30. The first-order valence-electron chi connectivity index (χ1n) is 7.21. The van der Waals surface area contributed by atoms with E-state index < -0.39 is 22.0 Å². The SMILES string of the molecule is O=C([O-])C1CCCCN1S(=O)(=O)CC1CCCCC1. The number of nitrogens with zero attached hydrogens (tertiary/aromatic N) is 1. The lowest BCUT2D eigenvalue weighted by atomic mass is 9.91. The number of rotatable bonds is 4. The van der Waals surface area contributed by atoms with Gasteiger partial charge < -0.3 is 9.90 Å². The summed E-state index contributed by atoms with van der Waals surface area (Å²) in [7, 11) is -3.46. The number of hydrogen-bond acceptors (Lipinski definition) is 4. The number of carbonyl (C=O) groups is 1. The summed E-state index contributed by atoms with van der Waals surface area (Å²) >= 11 is 0. The van der Waals surface area contributed by atoms with Gasteiger partial charge >= 0.3 is 0 Å². The van der Waals surface area contributed by atoms with Gasteiger partial charge in [-0.2, -0.15) is 4.31 Å². The summed E-state index contributed by atoms with van der Waals surface area (Å²) in [6.07, 6.45) is 7.14. The zero-order valence-corrected chi connectivity index (χ0v) is 12.0. The van der Waals surface area contributed by atoms with Gasteiger partial charge in [0, 0.05) is 6.54 Å². The molecule has 1 aliphatic carbocycles. The van der Waals surface area contributed by atoms with Crippen molar-refractivity contribution in [3.05, 3.63) is 0 Å². The van der Waals surface area contributed by atoms with E-state index in [9.17, 15) is 18.3 Å². The Kier molecular flexibility index (Phi) is 4.84. The van der Waals surface area contributed by atoms with E-state index in [1.54, 1.807) is 0 Å². The average molecular weight is 288 g/mol. The molecule has 1 saturated heterocycles. The van der Waals surface area contributed by atoms with Crippen molar-refractivity contribution >= 4 is 16.0 Å². The molecule has 110 valence electrons. The lowest BCUT2D eigenvalue weighted by Gasteiger charge is -2.36. The van der Waals surface area contributed by atoms with Crippen LogP contribution in [0.15, 0.2) is 0 Å². The second kappa shape index (κ2) is 6.22. The molecule has 1 aliphatic heterocycles. The van der Waals surface area contributed by atoms with E-state index >= 15 is 0 Å². The van der Waals surface area contributed by atoms with E-state index in [0.717, 1.165) is 38.5 Å². The minimum absolute atomic E-state index is 0.108. The van der Waals surface area contributed by atoms with Gasteiger partial charge in [-0.1, -0.05) is 25.7 Å². The van der Waals surface area contributed by atoms with Crippen LogP contribution < -0.4 is 5.11 Å². The highest BCUT2D eigenvalue weighted by atomic mass is 32.2. The molecule has 2 rings (SSSR count). The van der Waals surface area contributed by atoms with Crippen LogP contribution in [0.1, 0.15) is 51.4 Å². The quantitative estimate of drug-likeness (QED) is 0.755. The molecular formula is C13H22NO4S-. The van der Waals surface area contributed by atoms with Crippen LogP contribution in [-0.2, 0) is 14.8 Å². The molecule has 0 aromatic carbocycles. The van der Waals surface area contributed by atoms with Crippen LogP contribution in [0.4, 0.5) is 0 Å². The van der Waals surface area contributed by atoms with Crippen LogP contribution in [0.3, 0.4) is 0 Å². The lowest BCUT2D eigenvalue weighted by Crippen LogP contribution is -2.53. The molecule has 19 heavy (non-hydrogen) atoms. The van der Waals surface area contributed by atoms with Gasteiger partial charge in [0.1, 0.15) is 0 Å². The van der Waals surface area contributed by atoms with Gasteiger partial charge in [0.2, 0.25) is 10.0 Å². The van der Waals surface area contributed by atoms with Gasteiger partial charge in [-0.25, -0.2) is 8.42 Å². The maximum absolute atomic E-state index is 12.4. The molecule has 0 amide bonds. The third-order valence-electron chi connectivity index (χ3n) is 4.25. The number of sulfonamides is 1. The second-order valence-electron chi connectivity index (χ2n) is 5.72. The summed E-state index contributed by atoms with van der Waals surface area (Å²) in [5, 5.41) is 11.1. The van der Waals surface area contributed by atoms with Gasteiger partial charge in [0.25, 0.3) is 0 Å². The fourth-order valence-electron chi connectivity index (χ4n) is 3.22. The molecule has 1 heterocycles. The highest BCUT2D eigenvalue weighted by Crippen LogP contribution is 2.28. The zero-order valence-electron chi connectivity index (χ0n) is 11.2. The largest absolute Gasteiger partial charge is 0.548 e. The number of carboxylic acid groups (broad SMARTS) is 1. The lowest BCUT2D eigenvalue weighted by molar-refractivity contribution is -0.311. The average Bonchev–Trinajstić information content (AvgIpc) is 2.39. The Bertz CT molecular complexity index is 414. The molecule has 1 unspecified atom stereocenters. The van der Waals surface area contributed by atoms with Crippen molar-refractivity contribution in [3.63, 3.8) is 0 Å². The Balaban J connectivity index is 2.05. The maximum atomic E-state index is 12.4. The molecule has 2 aliphatic rings. The van der Waals surface area contributed by atoms with Crippen LogP contribution in [0, 0.1) is 5.92 Å². The highest BCUT2D eigenvalue weighted by Gasteiger charge is 2.34. The number of hydrogen-bond donors (Lipinski definition) is 0. The molecule has 5 nitrogen and oxygen atoms in total. The highest BCUT2D eigenvalue weighted by molar-refractivity contribution is 7.89. The molecule has 0 bridgehead atoms. The van der Waals surface area contributed by atoms with Crippen LogP contribution in [0.2, 0.25) is 0 Å². The van der Waals surface area contributed by atoms with Crippen molar-refractivity contribution in [1.29, 1.82) is 0 Å². The maximum Gasteiger partial charge on any atom is 0.214 e. The summed E-state index contributed by atoms with van der Waals surface area (Å²) in [4.78, 5) is 11.1. The summed E-state index contributed by atoms with van der Waals surface area (Å²) < 4.78 is 26.0. The van der Waals surface area contributed by atoms with Gasteiger partial charge in [0.15, 0.2) is 0 Å². The van der Waals surface area contributed by atoms with Crippen molar-refractivity contribution < 1.29 is 18.3 Å². The molecule has 1 atom stereocenters. The summed E-state index contributed by atoms with van der Waals surface area (Å²) in [5.41, 5.74) is 0. The minimum atomic E-state index is -3.46. The van der Waals surface area contributed by atoms with Gasteiger partial charge in [-0.3, -0.25) is 0 Å². The third kappa shape index (κ3) is 3.69. The van der Waals surface area contributed by atoms with Crippen molar-refractivity contribution in [2.75, 3.05) is 12.3 Å². The van der Waals surface area contributed by atoms with Crippen LogP contribution >= 0.6 is 0 Å². The Labute approximate surface area is 115 Å². The van der Waals surface area contributed by atoms with Crippen LogP contribution in [0.5, 0.6) is 0 Å². The van der Waals surface area contributed by atoms with Crippen LogP contribution in [0.25, 0.3) is 0 Å². The van der Waals surface area contributed by atoms with Gasteiger partial charge in [-0.05, 0) is 31.6 Å². The number of carbonyl (C=O) groups excluding carboxylic acids is 1. The van der Waals surface area contributed by atoms with E-state index in [4.69, 9.17) is 0 Å². The van der Waals surface area contributed by atoms with Crippen LogP contribution in [-0.4, -0.2) is 37.0 Å². The molecule has 0 radical (unpaired) electrons. The van der Waals surface area contributed by atoms with E-state index in [1.165, 1.54) is 10.7 Å². The zero-order chi connectivity index (χ0) is 13.9. The Morgan fingerprint density at radius 2 is 1.68 bits per heavy atom. The smallest absolute Gasteiger partial charge is 0.214 e. The number of aliphatic carboxylic acids is 1. The Hall–Kier alpha value is -0.620. The normalized spacial score (nSPS) is 27.3. The van der Waals surface area contributed by atoms with E-state index in [-0.39, 0.29) is 11.7 Å². The summed E-state index contributed by atoms with van der Waals surface area (Å²) in [5.74, 6) is -0.952. The van der Waals surface area contributed by atoms with Crippen molar-refractivity contribution in [3.8, 4) is 0 Å². The fourth-order valence-corrected chi connectivity index (χ4v) is 5.33. The predicted molar refractivity (Wildman–Crippen MR) is 69.7 cm³/mol. The first kappa shape index (κ1) is 14.8. The monoisotopic (exact) mass is 288 g/mol.